The summed E-state index contributed by atoms with van der Waals surface area (Å²) in [6, 6.07) is 3.66. The molecule has 0 amide bonds. The van der Waals surface area contributed by atoms with Gasteiger partial charge in [-0.3, -0.25) is 0 Å². The fourth-order valence-corrected chi connectivity index (χ4v) is 2.49. The number of anilines is 2. The molecule has 0 aromatic carbocycles. The Morgan fingerprint density at radius 3 is 2.70 bits per heavy atom. The molecule has 27 heavy (non-hydrogen) atoms. The lowest BCUT2D eigenvalue weighted by Gasteiger charge is -2.10. The summed E-state index contributed by atoms with van der Waals surface area (Å²) in [4.78, 5) is 17.8. The zero-order valence-electron chi connectivity index (χ0n) is 15.9. The molecule has 0 aliphatic heterocycles. The molecule has 0 fully saturated rings. The predicted octanol–water partition coefficient (Wildman–Crippen LogP) is 3.73. The van der Waals surface area contributed by atoms with Crippen LogP contribution in [0.2, 0.25) is 0 Å². The van der Waals surface area contributed by atoms with Crippen LogP contribution in [0, 0.1) is 0 Å². The van der Waals surface area contributed by atoms with Crippen LogP contribution >= 0.6 is 0 Å². The van der Waals surface area contributed by atoms with Gasteiger partial charge in [-0.05, 0) is 31.9 Å². The number of rotatable bonds is 9. The van der Waals surface area contributed by atoms with Crippen molar-refractivity contribution in [2.45, 2.75) is 33.7 Å². The fourth-order valence-electron chi connectivity index (χ4n) is 2.49. The minimum atomic E-state index is 0.372. The first kappa shape index (κ1) is 18.6. The molecule has 0 atom stereocenters. The lowest BCUT2D eigenvalue weighted by atomic mass is 10.4. The standard InChI is InChI=1S/C19H24N6O2/c1-5-9-25-12-21-16-17(25)23-19(24-18(16)27-11-13(3)4)22-14-7-8-15(20-10-14)26-6-2/h7-8,10,12H,3,5-6,9,11H2,1-2,4H3,(H,22,23,24). The van der Waals surface area contributed by atoms with Gasteiger partial charge in [-0.15, -0.1) is 0 Å². The van der Waals surface area contributed by atoms with Gasteiger partial charge in [0, 0.05) is 12.6 Å². The van der Waals surface area contributed by atoms with Crippen molar-refractivity contribution in [1.82, 2.24) is 24.5 Å². The number of nitrogens with one attached hydrogen (secondary N) is 1. The third-order valence-electron chi connectivity index (χ3n) is 3.64. The summed E-state index contributed by atoms with van der Waals surface area (Å²) in [6.45, 7) is 11.6. The Morgan fingerprint density at radius 1 is 1.19 bits per heavy atom. The molecule has 3 aromatic rings. The summed E-state index contributed by atoms with van der Waals surface area (Å²) < 4.78 is 13.2. The molecule has 0 radical (unpaired) electrons. The Balaban J connectivity index is 1.93. The van der Waals surface area contributed by atoms with Gasteiger partial charge >= 0.3 is 0 Å². The molecule has 142 valence electrons. The number of aryl methyl sites for hydroxylation is 1. The van der Waals surface area contributed by atoms with Gasteiger partial charge in [-0.25, -0.2) is 9.97 Å². The number of aromatic nitrogens is 5. The molecule has 3 aromatic heterocycles. The van der Waals surface area contributed by atoms with Gasteiger partial charge in [-0.2, -0.15) is 9.97 Å². The topological polar surface area (TPSA) is 87.0 Å². The molecule has 8 heteroatoms. The lowest BCUT2D eigenvalue weighted by Crippen LogP contribution is -2.06. The number of nitrogens with zero attached hydrogens (tertiary/aromatic N) is 5. The summed E-state index contributed by atoms with van der Waals surface area (Å²) in [7, 11) is 0. The predicted molar refractivity (Wildman–Crippen MR) is 105 cm³/mol. The minimum absolute atomic E-state index is 0.372. The normalized spacial score (nSPS) is 10.8. The number of fused-ring (bicyclic) bond motifs is 1. The molecule has 3 rings (SSSR count). The van der Waals surface area contributed by atoms with Gasteiger partial charge < -0.3 is 19.4 Å². The SMILES string of the molecule is C=C(C)COc1nc(Nc2ccc(OCC)nc2)nc2c1ncn2CCC. The number of pyridine rings is 1. The zero-order valence-corrected chi connectivity index (χ0v) is 15.9. The smallest absolute Gasteiger partial charge is 0.247 e. The first-order valence-corrected chi connectivity index (χ1v) is 8.96. The van der Waals surface area contributed by atoms with Gasteiger partial charge in [0.25, 0.3) is 0 Å². The second kappa shape index (κ2) is 8.48. The van der Waals surface area contributed by atoms with Crippen LogP contribution in [0.5, 0.6) is 11.8 Å². The first-order chi connectivity index (χ1) is 13.1. The molecule has 8 nitrogen and oxygen atoms in total. The Kier molecular flexibility index (Phi) is 5.85. The van der Waals surface area contributed by atoms with Gasteiger partial charge in [0.1, 0.15) is 6.61 Å². The quantitative estimate of drug-likeness (QED) is 0.576. The molecular formula is C19H24N6O2. The van der Waals surface area contributed by atoms with E-state index in [1.54, 1.807) is 18.6 Å². The van der Waals surface area contributed by atoms with Crippen LogP contribution in [0.1, 0.15) is 27.2 Å². The second-order valence-electron chi connectivity index (χ2n) is 6.15. The molecule has 0 unspecified atom stereocenters. The van der Waals surface area contributed by atoms with Gasteiger partial charge in [-0.1, -0.05) is 13.5 Å². The largest absolute Gasteiger partial charge is 0.478 e. The van der Waals surface area contributed by atoms with Crippen molar-refractivity contribution in [3.63, 3.8) is 0 Å². The number of imidazole rings is 1. The third-order valence-corrected chi connectivity index (χ3v) is 3.64. The van der Waals surface area contributed by atoms with Crippen molar-refractivity contribution < 1.29 is 9.47 Å². The van der Waals surface area contributed by atoms with Crippen molar-refractivity contribution in [2.24, 2.45) is 0 Å². The first-order valence-electron chi connectivity index (χ1n) is 8.96. The molecular weight excluding hydrogens is 344 g/mol. The number of ether oxygens (including phenoxy) is 2. The Morgan fingerprint density at radius 2 is 2.04 bits per heavy atom. The monoisotopic (exact) mass is 368 g/mol. The molecule has 1 N–H and O–H groups in total. The van der Waals surface area contributed by atoms with Crippen molar-refractivity contribution >= 4 is 22.8 Å². The Labute approximate surface area is 158 Å². The fraction of sp³-hybridized carbons (Fsp3) is 0.368. The summed E-state index contributed by atoms with van der Waals surface area (Å²) in [5, 5.41) is 3.17. The van der Waals surface area contributed by atoms with E-state index in [0.717, 1.165) is 29.9 Å². The van der Waals surface area contributed by atoms with E-state index >= 15 is 0 Å². The van der Waals surface area contributed by atoms with E-state index in [1.807, 2.05) is 24.5 Å². The van der Waals surface area contributed by atoms with Gasteiger partial charge in [0.15, 0.2) is 11.2 Å². The van der Waals surface area contributed by atoms with Crippen LogP contribution < -0.4 is 14.8 Å². The van der Waals surface area contributed by atoms with Crippen LogP contribution in [-0.2, 0) is 6.54 Å². The minimum Gasteiger partial charge on any atom is -0.478 e. The summed E-state index contributed by atoms with van der Waals surface area (Å²) >= 11 is 0. The highest BCUT2D eigenvalue weighted by Crippen LogP contribution is 2.25. The molecule has 0 aliphatic rings. The summed E-state index contributed by atoms with van der Waals surface area (Å²) in [5.41, 5.74) is 3.02. The van der Waals surface area contributed by atoms with Crippen LogP contribution in [-0.4, -0.2) is 37.7 Å². The molecule has 3 heterocycles. The lowest BCUT2D eigenvalue weighted by molar-refractivity contribution is 0.327. The highest BCUT2D eigenvalue weighted by molar-refractivity contribution is 5.78. The van der Waals surface area contributed by atoms with Crippen LogP contribution in [0.3, 0.4) is 0 Å². The molecule has 0 bridgehead atoms. The number of hydrogen-bond donors (Lipinski definition) is 1. The van der Waals surface area contributed by atoms with Crippen molar-refractivity contribution in [1.29, 1.82) is 0 Å². The third kappa shape index (κ3) is 4.52. The van der Waals surface area contributed by atoms with E-state index in [4.69, 9.17) is 9.47 Å². The summed E-state index contributed by atoms with van der Waals surface area (Å²) in [6.07, 6.45) is 4.41. The maximum Gasteiger partial charge on any atom is 0.247 e. The molecule has 0 spiro atoms. The van der Waals surface area contributed by atoms with E-state index in [2.05, 4.69) is 38.8 Å². The Hall–Kier alpha value is -3.16. The van der Waals surface area contributed by atoms with E-state index in [1.165, 1.54) is 0 Å². The average molecular weight is 368 g/mol. The van der Waals surface area contributed by atoms with Gasteiger partial charge in [0.05, 0.1) is 24.8 Å². The Bertz CT molecular complexity index is 920. The molecule has 0 saturated heterocycles. The van der Waals surface area contributed by atoms with Crippen LogP contribution in [0.15, 0.2) is 36.8 Å². The molecule has 0 aliphatic carbocycles. The zero-order chi connectivity index (χ0) is 19.2. The maximum absolute atomic E-state index is 5.80. The van der Waals surface area contributed by atoms with Crippen LogP contribution in [0.25, 0.3) is 11.2 Å². The van der Waals surface area contributed by atoms with E-state index in [0.29, 0.717) is 36.4 Å². The van der Waals surface area contributed by atoms with Crippen molar-refractivity contribution in [3.8, 4) is 11.8 Å². The average Bonchev–Trinajstić information content (AvgIpc) is 3.05. The highest BCUT2D eigenvalue weighted by Gasteiger charge is 2.15. The van der Waals surface area contributed by atoms with E-state index in [9.17, 15) is 0 Å². The van der Waals surface area contributed by atoms with E-state index < -0.39 is 0 Å². The molecule has 0 saturated carbocycles. The van der Waals surface area contributed by atoms with Gasteiger partial charge in [0.2, 0.25) is 17.7 Å². The second-order valence-corrected chi connectivity index (χ2v) is 6.15. The van der Waals surface area contributed by atoms with Crippen LogP contribution in [0.4, 0.5) is 11.6 Å². The van der Waals surface area contributed by atoms with E-state index in [-0.39, 0.29) is 0 Å². The number of hydrogen-bond acceptors (Lipinski definition) is 7. The maximum atomic E-state index is 5.80. The van der Waals surface area contributed by atoms with Crippen molar-refractivity contribution in [2.75, 3.05) is 18.5 Å². The summed E-state index contributed by atoms with van der Waals surface area (Å²) in [5.74, 6) is 1.42. The van der Waals surface area contributed by atoms with Crippen molar-refractivity contribution in [3.05, 3.63) is 36.8 Å². The highest BCUT2D eigenvalue weighted by atomic mass is 16.5.